The second-order valence-electron chi connectivity index (χ2n) is 4.43. The monoisotopic (exact) mass is 395 g/mol. The lowest BCUT2D eigenvalue weighted by atomic mass is 10.3. The van der Waals surface area contributed by atoms with Crippen LogP contribution in [-0.2, 0) is 4.79 Å². The van der Waals surface area contributed by atoms with E-state index in [1.54, 1.807) is 0 Å². The van der Waals surface area contributed by atoms with Gasteiger partial charge in [-0.05, 0) is 66.4 Å². The molecule has 1 aliphatic rings. The lowest BCUT2D eigenvalue weighted by Gasteiger charge is -2.18. The van der Waals surface area contributed by atoms with Crippen LogP contribution in [0.3, 0.4) is 0 Å². The number of rotatable bonds is 3. The number of amides is 1. The Morgan fingerprint density at radius 2 is 2.00 bits per heavy atom. The van der Waals surface area contributed by atoms with Crippen molar-refractivity contribution in [1.82, 2.24) is 10.2 Å². The fourth-order valence-corrected chi connectivity index (χ4v) is 2.36. The Bertz CT molecular complexity index is 391. The van der Waals surface area contributed by atoms with E-state index in [1.807, 2.05) is 24.3 Å². The van der Waals surface area contributed by atoms with Crippen LogP contribution in [-0.4, -0.2) is 43.5 Å². The fourth-order valence-electron chi connectivity index (χ4n) is 2.00. The minimum absolute atomic E-state index is 0. The fraction of sp³-hybridized carbons (Fsp3) is 0.462. The molecule has 1 amide bonds. The van der Waals surface area contributed by atoms with Gasteiger partial charge >= 0.3 is 0 Å². The van der Waals surface area contributed by atoms with E-state index in [1.165, 1.54) is 3.57 Å². The predicted octanol–water partition coefficient (Wildman–Crippen LogP) is 1.95. The summed E-state index contributed by atoms with van der Waals surface area (Å²) in [5.74, 6) is 0.0677. The zero-order valence-corrected chi connectivity index (χ0v) is 13.7. The van der Waals surface area contributed by atoms with Crippen LogP contribution in [0.4, 0.5) is 5.69 Å². The molecule has 0 unspecified atom stereocenters. The van der Waals surface area contributed by atoms with Gasteiger partial charge in [-0.1, -0.05) is 0 Å². The number of nitrogens with one attached hydrogen (secondary N) is 2. The van der Waals surface area contributed by atoms with Crippen LogP contribution in [0.1, 0.15) is 6.42 Å². The quantitative estimate of drug-likeness (QED) is 0.769. The highest BCUT2D eigenvalue weighted by Crippen LogP contribution is 2.11. The van der Waals surface area contributed by atoms with E-state index < -0.39 is 0 Å². The van der Waals surface area contributed by atoms with Gasteiger partial charge in [-0.25, -0.2) is 0 Å². The molecule has 0 saturated carbocycles. The molecule has 0 radical (unpaired) electrons. The Balaban J connectivity index is 0.00000180. The SMILES string of the molecule is Cl.O=C(CN1CCCNCC1)Nc1ccc(I)cc1. The van der Waals surface area contributed by atoms with Crippen molar-refractivity contribution in [2.75, 3.05) is 38.0 Å². The molecule has 0 aromatic heterocycles. The highest BCUT2D eigenvalue weighted by molar-refractivity contribution is 14.1. The summed E-state index contributed by atoms with van der Waals surface area (Å²) in [5, 5.41) is 6.26. The highest BCUT2D eigenvalue weighted by Gasteiger charge is 2.12. The molecule has 1 aromatic carbocycles. The summed E-state index contributed by atoms with van der Waals surface area (Å²) >= 11 is 2.25. The average molecular weight is 396 g/mol. The maximum absolute atomic E-state index is 11.9. The van der Waals surface area contributed by atoms with E-state index in [9.17, 15) is 4.79 Å². The van der Waals surface area contributed by atoms with Crippen LogP contribution < -0.4 is 10.6 Å². The van der Waals surface area contributed by atoms with Gasteiger partial charge in [0, 0.05) is 22.3 Å². The van der Waals surface area contributed by atoms with E-state index >= 15 is 0 Å². The summed E-state index contributed by atoms with van der Waals surface area (Å²) in [6, 6.07) is 7.85. The van der Waals surface area contributed by atoms with Crippen LogP contribution in [0.15, 0.2) is 24.3 Å². The summed E-state index contributed by atoms with van der Waals surface area (Å²) in [6.45, 7) is 4.44. The molecule has 0 bridgehead atoms. The van der Waals surface area contributed by atoms with Gasteiger partial charge in [-0.15, -0.1) is 12.4 Å². The van der Waals surface area contributed by atoms with Gasteiger partial charge in [0.15, 0.2) is 0 Å². The standard InChI is InChI=1S/C13H18IN3O.ClH/c14-11-2-4-12(5-3-11)16-13(18)10-17-8-1-6-15-7-9-17;/h2-5,15H,1,6-10H2,(H,16,18);1H. The number of carbonyl (C=O) groups is 1. The molecule has 1 heterocycles. The van der Waals surface area contributed by atoms with Crippen molar-refractivity contribution < 1.29 is 4.79 Å². The van der Waals surface area contributed by atoms with Crippen LogP contribution >= 0.6 is 35.0 Å². The van der Waals surface area contributed by atoms with Gasteiger partial charge in [0.25, 0.3) is 0 Å². The summed E-state index contributed by atoms with van der Waals surface area (Å²) in [5.41, 5.74) is 0.869. The van der Waals surface area contributed by atoms with Gasteiger partial charge < -0.3 is 10.6 Å². The third-order valence-electron chi connectivity index (χ3n) is 2.93. The summed E-state index contributed by atoms with van der Waals surface area (Å²) in [6.07, 6.45) is 1.11. The van der Waals surface area contributed by atoms with Crippen LogP contribution in [0.2, 0.25) is 0 Å². The van der Waals surface area contributed by atoms with E-state index in [-0.39, 0.29) is 18.3 Å². The maximum atomic E-state index is 11.9. The Morgan fingerprint density at radius 1 is 1.26 bits per heavy atom. The number of hydrogen-bond donors (Lipinski definition) is 2. The molecule has 0 spiro atoms. The Morgan fingerprint density at radius 3 is 2.74 bits per heavy atom. The second kappa shape index (κ2) is 8.73. The molecule has 2 rings (SSSR count). The third kappa shape index (κ3) is 6.07. The first kappa shape index (κ1) is 16.7. The molecule has 1 aliphatic heterocycles. The molecular formula is C13H19ClIN3O. The molecule has 106 valence electrons. The normalized spacial score (nSPS) is 16.3. The first-order valence-electron chi connectivity index (χ1n) is 6.22. The number of nitrogens with zero attached hydrogens (tertiary/aromatic N) is 1. The van der Waals surface area contributed by atoms with Gasteiger partial charge in [0.05, 0.1) is 6.54 Å². The largest absolute Gasteiger partial charge is 0.325 e. The maximum Gasteiger partial charge on any atom is 0.238 e. The van der Waals surface area contributed by atoms with Crippen LogP contribution in [0.5, 0.6) is 0 Å². The Hall–Kier alpha value is -0.370. The molecular weight excluding hydrogens is 377 g/mol. The summed E-state index contributed by atoms with van der Waals surface area (Å²) < 4.78 is 1.17. The molecule has 1 saturated heterocycles. The smallest absolute Gasteiger partial charge is 0.238 e. The zero-order chi connectivity index (χ0) is 12.8. The molecule has 1 aromatic rings. The van der Waals surface area contributed by atoms with Crippen molar-refractivity contribution in [3.05, 3.63) is 27.8 Å². The van der Waals surface area contributed by atoms with Gasteiger partial charge in [0.1, 0.15) is 0 Å². The Kier molecular flexibility index (Phi) is 7.67. The second-order valence-corrected chi connectivity index (χ2v) is 5.68. The van der Waals surface area contributed by atoms with Crippen LogP contribution in [0.25, 0.3) is 0 Å². The van der Waals surface area contributed by atoms with Crippen molar-refractivity contribution >= 4 is 46.6 Å². The molecule has 19 heavy (non-hydrogen) atoms. The molecule has 6 heteroatoms. The minimum atomic E-state index is 0. The molecule has 0 atom stereocenters. The van der Waals surface area contributed by atoms with Crippen molar-refractivity contribution in [3.63, 3.8) is 0 Å². The topological polar surface area (TPSA) is 44.4 Å². The number of hydrogen-bond acceptors (Lipinski definition) is 3. The van der Waals surface area contributed by atoms with Gasteiger partial charge in [-0.2, -0.15) is 0 Å². The molecule has 0 aliphatic carbocycles. The summed E-state index contributed by atoms with van der Waals surface area (Å²) in [7, 11) is 0. The number of anilines is 1. The van der Waals surface area contributed by atoms with E-state index in [4.69, 9.17) is 0 Å². The zero-order valence-electron chi connectivity index (χ0n) is 10.7. The number of carbonyl (C=O) groups excluding carboxylic acids is 1. The van der Waals surface area contributed by atoms with Crippen LogP contribution in [0, 0.1) is 3.57 Å². The Labute approximate surface area is 133 Å². The van der Waals surface area contributed by atoms with Crippen molar-refractivity contribution in [3.8, 4) is 0 Å². The van der Waals surface area contributed by atoms with E-state index in [2.05, 4.69) is 38.1 Å². The van der Waals surface area contributed by atoms with Gasteiger partial charge in [0.2, 0.25) is 5.91 Å². The predicted molar refractivity (Wildman–Crippen MR) is 89.0 cm³/mol. The summed E-state index contributed by atoms with van der Waals surface area (Å²) in [4.78, 5) is 14.1. The number of halogens is 2. The molecule has 1 fully saturated rings. The van der Waals surface area contributed by atoms with Crippen molar-refractivity contribution in [1.29, 1.82) is 0 Å². The van der Waals surface area contributed by atoms with Gasteiger partial charge in [-0.3, -0.25) is 9.69 Å². The first-order chi connectivity index (χ1) is 8.74. The lowest BCUT2D eigenvalue weighted by Crippen LogP contribution is -2.35. The van der Waals surface area contributed by atoms with E-state index in [0.29, 0.717) is 6.54 Å². The average Bonchev–Trinajstić information content (AvgIpc) is 2.61. The van der Waals surface area contributed by atoms with Crippen molar-refractivity contribution in [2.45, 2.75) is 6.42 Å². The third-order valence-corrected chi connectivity index (χ3v) is 3.65. The lowest BCUT2D eigenvalue weighted by molar-refractivity contribution is -0.117. The number of benzene rings is 1. The van der Waals surface area contributed by atoms with E-state index in [0.717, 1.165) is 38.3 Å². The highest BCUT2D eigenvalue weighted by atomic mass is 127. The van der Waals surface area contributed by atoms with Crippen molar-refractivity contribution in [2.24, 2.45) is 0 Å². The minimum Gasteiger partial charge on any atom is -0.325 e. The first-order valence-corrected chi connectivity index (χ1v) is 7.30. The molecule has 2 N–H and O–H groups in total. The molecule has 4 nitrogen and oxygen atoms in total.